The molecule has 0 saturated heterocycles. The fraction of sp³-hybridized carbons (Fsp3) is 0.364. The highest BCUT2D eigenvalue weighted by Gasteiger charge is 2.21. The molecule has 1 aromatic heterocycles. The van der Waals surface area contributed by atoms with Crippen LogP contribution < -0.4 is 5.32 Å². The van der Waals surface area contributed by atoms with Crippen molar-refractivity contribution < 1.29 is 23.8 Å². The number of aliphatic carboxylic acids is 1. The number of carboxylic acid groups (broad SMARTS) is 1. The van der Waals surface area contributed by atoms with Gasteiger partial charge in [0.2, 0.25) is 5.95 Å². The van der Waals surface area contributed by atoms with Crippen LogP contribution in [0.5, 0.6) is 0 Å². The first-order valence-electron chi connectivity index (χ1n) is 5.19. The van der Waals surface area contributed by atoms with Crippen molar-refractivity contribution in [3.8, 4) is 0 Å². The Hall–Kier alpha value is -2.02. The Morgan fingerprint density at radius 1 is 1.56 bits per heavy atom. The molecule has 7 heteroatoms. The van der Waals surface area contributed by atoms with Crippen LogP contribution in [0.1, 0.15) is 16.9 Å². The zero-order valence-electron chi connectivity index (χ0n) is 9.72. The zero-order valence-corrected chi connectivity index (χ0v) is 9.72. The second-order valence-electron chi connectivity index (χ2n) is 3.49. The van der Waals surface area contributed by atoms with Crippen LogP contribution in [-0.2, 0) is 9.53 Å². The smallest absolute Gasteiger partial charge is 0.326 e. The Bertz CT molecular complexity index is 439. The molecule has 0 aliphatic heterocycles. The van der Waals surface area contributed by atoms with E-state index < -0.39 is 23.9 Å². The van der Waals surface area contributed by atoms with Gasteiger partial charge in [-0.15, -0.1) is 0 Å². The van der Waals surface area contributed by atoms with Gasteiger partial charge in [0.05, 0.1) is 0 Å². The lowest BCUT2D eigenvalue weighted by Gasteiger charge is -2.13. The summed E-state index contributed by atoms with van der Waals surface area (Å²) in [5.41, 5.74) is -0.168. The number of carboxylic acids is 1. The lowest BCUT2D eigenvalue weighted by atomic mass is 10.2. The van der Waals surface area contributed by atoms with Crippen LogP contribution in [0.3, 0.4) is 0 Å². The van der Waals surface area contributed by atoms with Crippen molar-refractivity contribution in [1.29, 1.82) is 0 Å². The summed E-state index contributed by atoms with van der Waals surface area (Å²) in [5, 5.41) is 11.1. The van der Waals surface area contributed by atoms with Crippen molar-refractivity contribution in [3.63, 3.8) is 0 Å². The van der Waals surface area contributed by atoms with E-state index in [2.05, 4.69) is 10.3 Å². The number of nitrogens with zero attached hydrogens (tertiary/aromatic N) is 1. The number of carbonyl (C=O) groups is 2. The lowest BCUT2D eigenvalue weighted by Crippen LogP contribution is -2.41. The number of carbonyl (C=O) groups excluding carboxylic acids is 1. The molecule has 0 radical (unpaired) electrons. The van der Waals surface area contributed by atoms with E-state index in [1.807, 2.05) is 0 Å². The first kappa shape index (κ1) is 14.0. The number of rotatable bonds is 6. The second-order valence-corrected chi connectivity index (χ2v) is 3.49. The van der Waals surface area contributed by atoms with Crippen LogP contribution in [0.15, 0.2) is 18.2 Å². The molecule has 2 N–H and O–H groups in total. The van der Waals surface area contributed by atoms with Crippen molar-refractivity contribution in [2.75, 3.05) is 13.7 Å². The second kappa shape index (κ2) is 6.65. The SMILES string of the molecule is COCCC(NC(=O)c1cccc(F)n1)C(=O)O. The predicted molar refractivity (Wildman–Crippen MR) is 59.6 cm³/mol. The summed E-state index contributed by atoms with van der Waals surface area (Å²) in [6.07, 6.45) is 0.118. The van der Waals surface area contributed by atoms with Gasteiger partial charge in [-0.1, -0.05) is 6.07 Å². The number of hydrogen-bond acceptors (Lipinski definition) is 4. The maximum absolute atomic E-state index is 12.8. The zero-order chi connectivity index (χ0) is 13.5. The molecule has 0 fully saturated rings. The lowest BCUT2D eigenvalue weighted by molar-refractivity contribution is -0.139. The van der Waals surface area contributed by atoms with Gasteiger partial charge in [0.1, 0.15) is 11.7 Å². The average molecular weight is 256 g/mol. The van der Waals surface area contributed by atoms with E-state index >= 15 is 0 Å². The number of nitrogens with one attached hydrogen (secondary N) is 1. The van der Waals surface area contributed by atoms with Gasteiger partial charge in [0.25, 0.3) is 5.91 Å². The summed E-state index contributed by atoms with van der Waals surface area (Å²) >= 11 is 0. The molecule has 0 bridgehead atoms. The first-order valence-corrected chi connectivity index (χ1v) is 5.19. The topological polar surface area (TPSA) is 88.5 Å². The van der Waals surface area contributed by atoms with Gasteiger partial charge < -0.3 is 15.2 Å². The Labute approximate surface area is 103 Å². The van der Waals surface area contributed by atoms with E-state index in [4.69, 9.17) is 9.84 Å². The predicted octanol–water partition coefficient (Wildman–Crippen LogP) is 0.440. The largest absolute Gasteiger partial charge is 0.480 e. The monoisotopic (exact) mass is 256 g/mol. The van der Waals surface area contributed by atoms with Crippen molar-refractivity contribution in [1.82, 2.24) is 10.3 Å². The molecule has 18 heavy (non-hydrogen) atoms. The van der Waals surface area contributed by atoms with E-state index in [0.717, 1.165) is 6.07 Å². The summed E-state index contributed by atoms with van der Waals surface area (Å²) in [6, 6.07) is 2.62. The number of amides is 1. The third-order valence-corrected chi connectivity index (χ3v) is 2.16. The van der Waals surface area contributed by atoms with E-state index in [1.54, 1.807) is 0 Å². The summed E-state index contributed by atoms with van der Waals surface area (Å²) in [6.45, 7) is 0.188. The molecule has 0 aliphatic carbocycles. The van der Waals surface area contributed by atoms with Gasteiger partial charge >= 0.3 is 5.97 Å². The molecule has 6 nitrogen and oxygen atoms in total. The minimum atomic E-state index is -1.18. The van der Waals surface area contributed by atoms with Crippen molar-refractivity contribution in [3.05, 3.63) is 29.8 Å². The van der Waals surface area contributed by atoms with Crippen molar-refractivity contribution >= 4 is 11.9 Å². The third kappa shape index (κ3) is 4.10. The molecule has 1 atom stereocenters. The third-order valence-electron chi connectivity index (χ3n) is 2.16. The number of methoxy groups -OCH3 is 1. The van der Waals surface area contributed by atoms with Gasteiger partial charge in [-0.05, 0) is 12.1 Å². The van der Waals surface area contributed by atoms with Gasteiger partial charge in [0, 0.05) is 20.1 Å². The molecule has 0 saturated carbocycles. The number of ether oxygens (including phenoxy) is 1. The molecule has 1 aromatic rings. The highest BCUT2D eigenvalue weighted by molar-refractivity contribution is 5.94. The van der Waals surface area contributed by atoms with Crippen molar-refractivity contribution in [2.45, 2.75) is 12.5 Å². The average Bonchev–Trinajstić information content (AvgIpc) is 2.33. The number of hydrogen-bond donors (Lipinski definition) is 2. The Morgan fingerprint density at radius 2 is 2.28 bits per heavy atom. The molecule has 1 heterocycles. The molecular formula is C11H13FN2O4. The summed E-state index contributed by atoms with van der Waals surface area (Å²) in [4.78, 5) is 25.9. The molecule has 1 unspecified atom stereocenters. The molecule has 98 valence electrons. The van der Waals surface area contributed by atoms with Crippen LogP contribution in [0, 0.1) is 5.95 Å². The van der Waals surface area contributed by atoms with Gasteiger partial charge in [-0.25, -0.2) is 9.78 Å². The van der Waals surface area contributed by atoms with Crippen molar-refractivity contribution in [2.24, 2.45) is 0 Å². The van der Waals surface area contributed by atoms with Crippen LogP contribution >= 0.6 is 0 Å². The molecular weight excluding hydrogens is 243 g/mol. The first-order chi connectivity index (χ1) is 8.54. The fourth-order valence-electron chi connectivity index (χ4n) is 1.26. The highest BCUT2D eigenvalue weighted by atomic mass is 19.1. The molecule has 1 rings (SSSR count). The van der Waals surface area contributed by atoms with Gasteiger partial charge in [-0.2, -0.15) is 4.39 Å². The summed E-state index contributed by atoms with van der Waals surface area (Å²) in [7, 11) is 1.43. The minimum Gasteiger partial charge on any atom is -0.480 e. The fourth-order valence-corrected chi connectivity index (χ4v) is 1.26. The summed E-state index contributed by atoms with van der Waals surface area (Å²) < 4.78 is 17.5. The maximum Gasteiger partial charge on any atom is 0.326 e. The summed E-state index contributed by atoms with van der Waals surface area (Å²) in [5.74, 6) is -2.72. The van der Waals surface area contributed by atoms with E-state index in [1.165, 1.54) is 19.2 Å². The highest BCUT2D eigenvalue weighted by Crippen LogP contribution is 2.00. The molecule has 1 amide bonds. The van der Waals surface area contributed by atoms with E-state index in [-0.39, 0.29) is 18.7 Å². The maximum atomic E-state index is 12.8. The van der Waals surface area contributed by atoms with E-state index in [9.17, 15) is 14.0 Å². The Morgan fingerprint density at radius 3 is 2.83 bits per heavy atom. The standard InChI is InChI=1S/C11H13FN2O4/c1-18-6-5-8(11(16)17)14-10(15)7-3-2-4-9(12)13-7/h2-4,8H,5-6H2,1H3,(H,14,15)(H,16,17). The van der Waals surface area contributed by atoms with E-state index in [0.29, 0.717) is 0 Å². The Balaban J connectivity index is 2.69. The van der Waals surface area contributed by atoms with Crippen LogP contribution in [0.25, 0.3) is 0 Å². The van der Waals surface area contributed by atoms with Crippen LogP contribution in [-0.4, -0.2) is 41.7 Å². The van der Waals surface area contributed by atoms with Gasteiger partial charge in [0.15, 0.2) is 0 Å². The normalized spacial score (nSPS) is 11.9. The molecule has 0 spiro atoms. The quantitative estimate of drug-likeness (QED) is 0.721. The van der Waals surface area contributed by atoms with Crippen LogP contribution in [0.4, 0.5) is 4.39 Å². The van der Waals surface area contributed by atoms with Gasteiger partial charge in [-0.3, -0.25) is 4.79 Å². The van der Waals surface area contributed by atoms with Crippen LogP contribution in [0.2, 0.25) is 0 Å². The Kier molecular flexibility index (Phi) is 5.19. The molecule has 0 aromatic carbocycles. The number of halogens is 1. The number of pyridine rings is 1. The number of aromatic nitrogens is 1. The molecule has 0 aliphatic rings. The minimum absolute atomic E-state index is 0.118.